The number of rotatable bonds is 11. The summed E-state index contributed by atoms with van der Waals surface area (Å²) in [6, 6.07) is 9.24. The number of thioether (sulfide) groups is 1. The van der Waals surface area contributed by atoms with Gasteiger partial charge in [0.1, 0.15) is 11.6 Å². The summed E-state index contributed by atoms with van der Waals surface area (Å²) < 4.78 is 12.3. The van der Waals surface area contributed by atoms with Gasteiger partial charge in [-0.25, -0.2) is 14.6 Å². The number of methoxy groups -OCH3 is 1. The van der Waals surface area contributed by atoms with Crippen molar-refractivity contribution in [3.8, 4) is 5.75 Å². The van der Waals surface area contributed by atoms with Crippen molar-refractivity contribution in [2.45, 2.75) is 11.7 Å². The van der Waals surface area contributed by atoms with Crippen LogP contribution in [0, 0.1) is 0 Å². The van der Waals surface area contributed by atoms with Crippen molar-refractivity contribution in [1.82, 2.24) is 25.1 Å². The van der Waals surface area contributed by atoms with Gasteiger partial charge in [-0.1, -0.05) is 30.0 Å². The first kappa shape index (κ1) is 20.9. The highest BCUT2D eigenvalue weighted by Gasteiger charge is 2.13. The zero-order chi connectivity index (χ0) is 20.5. The molecular formula is C19H24N6O3S. The monoisotopic (exact) mass is 416 g/mol. The topological polar surface area (TPSA) is 103 Å². The minimum atomic E-state index is -0.188. The average Bonchev–Trinajstić information content (AvgIpc) is 3.16. The van der Waals surface area contributed by atoms with Gasteiger partial charge in [-0.2, -0.15) is 5.10 Å². The fourth-order valence-electron chi connectivity index (χ4n) is 2.61. The highest BCUT2D eigenvalue weighted by atomic mass is 32.2. The lowest BCUT2D eigenvalue weighted by Crippen LogP contribution is -2.31. The number of hydrogen-bond acceptors (Lipinski definition) is 8. The Balaban J connectivity index is 1.58. The van der Waals surface area contributed by atoms with Crippen LogP contribution in [0.4, 0.5) is 5.82 Å². The van der Waals surface area contributed by atoms with Gasteiger partial charge < -0.3 is 20.1 Å². The predicted octanol–water partition coefficient (Wildman–Crippen LogP) is 1.80. The van der Waals surface area contributed by atoms with Crippen LogP contribution < -0.4 is 15.4 Å². The van der Waals surface area contributed by atoms with E-state index in [-0.39, 0.29) is 12.5 Å². The van der Waals surface area contributed by atoms with Gasteiger partial charge in [0.05, 0.1) is 24.7 Å². The molecule has 9 nitrogen and oxygen atoms in total. The largest absolute Gasteiger partial charge is 0.484 e. The van der Waals surface area contributed by atoms with Gasteiger partial charge in [-0.3, -0.25) is 4.79 Å². The van der Waals surface area contributed by atoms with Gasteiger partial charge in [0.2, 0.25) is 0 Å². The molecule has 0 saturated carbocycles. The Kier molecular flexibility index (Phi) is 7.65. The lowest BCUT2D eigenvalue weighted by atomic mass is 10.3. The van der Waals surface area contributed by atoms with E-state index in [1.807, 2.05) is 36.6 Å². The molecule has 0 radical (unpaired) electrons. The van der Waals surface area contributed by atoms with E-state index in [1.54, 1.807) is 18.0 Å². The molecule has 3 aromatic rings. The molecule has 3 rings (SSSR count). The second-order valence-corrected chi connectivity index (χ2v) is 6.81. The van der Waals surface area contributed by atoms with E-state index in [2.05, 4.69) is 25.7 Å². The molecule has 154 valence electrons. The molecular weight excluding hydrogens is 392 g/mol. The Morgan fingerprint density at radius 3 is 2.79 bits per heavy atom. The number of hydrogen-bond donors (Lipinski definition) is 2. The molecule has 0 saturated heterocycles. The van der Waals surface area contributed by atoms with Gasteiger partial charge in [-0.05, 0) is 18.4 Å². The molecule has 0 spiro atoms. The first-order valence-corrected chi connectivity index (χ1v) is 10.4. The average molecular weight is 417 g/mol. The smallest absolute Gasteiger partial charge is 0.258 e. The van der Waals surface area contributed by atoms with Crippen molar-refractivity contribution in [3.63, 3.8) is 0 Å². The van der Waals surface area contributed by atoms with Crippen molar-refractivity contribution < 1.29 is 14.3 Å². The second-order valence-electron chi connectivity index (χ2n) is 6.04. The number of anilines is 1. The fourth-order valence-corrected chi connectivity index (χ4v) is 2.97. The number of aromatic nitrogens is 4. The van der Waals surface area contributed by atoms with Crippen molar-refractivity contribution in [1.29, 1.82) is 0 Å². The molecule has 10 heteroatoms. The van der Waals surface area contributed by atoms with E-state index in [9.17, 15) is 4.79 Å². The normalized spacial score (nSPS) is 10.8. The van der Waals surface area contributed by atoms with Crippen LogP contribution in [0.25, 0.3) is 11.0 Å². The van der Waals surface area contributed by atoms with Crippen LogP contribution in [0.15, 0.2) is 41.7 Å². The predicted molar refractivity (Wildman–Crippen MR) is 112 cm³/mol. The van der Waals surface area contributed by atoms with E-state index in [0.717, 1.165) is 16.9 Å². The quantitative estimate of drug-likeness (QED) is 0.277. The van der Waals surface area contributed by atoms with Crippen LogP contribution in [-0.4, -0.2) is 65.3 Å². The molecule has 1 amide bonds. The molecule has 0 fully saturated rings. The Bertz CT molecular complexity index is 934. The molecule has 0 unspecified atom stereocenters. The number of carbonyl (C=O) groups excluding carboxylic acids is 1. The Morgan fingerprint density at radius 1 is 1.21 bits per heavy atom. The SMILES string of the molecule is COCCNc1nc(SC)nc2c1cnn2CCNC(=O)COc1ccccc1. The number of amides is 1. The third-order valence-electron chi connectivity index (χ3n) is 4.02. The standard InChI is InChI=1S/C19H24N6O3S/c1-27-11-9-21-17-15-12-22-25(18(15)24-19(23-17)29-2)10-8-20-16(26)13-28-14-6-4-3-5-7-14/h3-7,12H,8-11,13H2,1-2H3,(H,20,26)(H,21,23,24). The lowest BCUT2D eigenvalue weighted by molar-refractivity contribution is -0.123. The van der Waals surface area contributed by atoms with Crippen LogP contribution in [0.2, 0.25) is 0 Å². The minimum absolute atomic E-state index is 0.0315. The number of nitrogens with zero attached hydrogens (tertiary/aromatic N) is 4. The Labute approximate surface area is 173 Å². The molecule has 0 aliphatic heterocycles. The van der Waals surface area contributed by atoms with Crippen LogP contribution in [0.3, 0.4) is 0 Å². The van der Waals surface area contributed by atoms with E-state index in [4.69, 9.17) is 9.47 Å². The number of nitrogens with one attached hydrogen (secondary N) is 2. The molecule has 2 heterocycles. The first-order valence-electron chi connectivity index (χ1n) is 9.16. The summed E-state index contributed by atoms with van der Waals surface area (Å²) in [7, 11) is 1.65. The molecule has 0 aliphatic carbocycles. The minimum Gasteiger partial charge on any atom is -0.484 e. The van der Waals surface area contributed by atoms with E-state index in [1.165, 1.54) is 11.8 Å². The van der Waals surface area contributed by atoms with Gasteiger partial charge in [0, 0.05) is 20.2 Å². The van der Waals surface area contributed by atoms with E-state index >= 15 is 0 Å². The maximum absolute atomic E-state index is 12.0. The molecule has 0 bridgehead atoms. The van der Waals surface area contributed by atoms with E-state index < -0.39 is 0 Å². The van der Waals surface area contributed by atoms with Crippen molar-refractivity contribution in [3.05, 3.63) is 36.5 Å². The number of fused-ring (bicyclic) bond motifs is 1. The molecule has 2 aromatic heterocycles. The zero-order valence-corrected chi connectivity index (χ0v) is 17.2. The maximum atomic E-state index is 12.0. The Hall–Kier alpha value is -2.85. The molecule has 29 heavy (non-hydrogen) atoms. The molecule has 0 atom stereocenters. The molecule has 1 aromatic carbocycles. The van der Waals surface area contributed by atoms with Crippen molar-refractivity contribution in [2.24, 2.45) is 0 Å². The summed E-state index contributed by atoms with van der Waals surface area (Å²) in [6.07, 6.45) is 3.66. The number of para-hydroxylation sites is 1. The molecule has 0 aliphatic rings. The van der Waals surface area contributed by atoms with Gasteiger partial charge in [-0.15, -0.1) is 0 Å². The van der Waals surface area contributed by atoms with Gasteiger partial charge in [0.25, 0.3) is 5.91 Å². The lowest BCUT2D eigenvalue weighted by Gasteiger charge is -2.09. The van der Waals surface area contributed by atoms with Gasteiger partial charge in [0.15, 0.2) is 17.4 Å². The third-order valence-corrected chi connectivity index (χ3v) is 4.56. The van der Waals surface area contributed by atoms with E-state index in [0.29, 0.717) is 37.1 Å². The fraction of sp³-hybridized carbons (Fsp3) is 0.368. The summed E-state index contributed by atoms with van der Waals surface area (Å²) in [5.74, 6) is 1.20. The summed E-state index contributed by atoms with van der Waals surface area (Å²) >= 11 is 1.46. The Morgan fingerprint density at radius 2 is 2.03 bits per heavy atom. The maximum Gasteiger partial charge on any atom is 0.258 e. The summed E-state index contributed by atoms with van der Waals surface area (Å²) in [5.41, 5.74) is 0.721. The third kappa shape index (κ3) is 5.81. The van der Waals surface area contributed by atoms with Crippen LogP contribution >= 0.6 is 11.8 Å². The highest BCUT2D eigenvalue weighted by Crippen LogP contribution is 2.23. The number of benzene rings is 1. The number of carbonyl (C=O) groups is 1. The second kappa shape index (κ2) is 10.6. The van der Waals surface area contributed by atoms with Crippen molar-refractivity contribution in [2.75, 3.05) is 45.0 Å². The van der Waals surface area contributed by atoms with Crippen LogP contribution in [0.5, 0.6) is 5.75 Å². The van der Waals surface area contributed by atoms with Crippen LogP contribution in [-0.2, 0) is 16.1 Å². The zero-order valence-electron chi connectivity index (χ0n) is 16.4. The first-order chi connectivity index (χ1) is 14.2. The summed E-state index contributed by atoms with van der Waals surface area (Å²) in [4.78, 5) is 21.1. The summed E-state index contributed by atoms with van der Waals surface area (Å²) in [6.45, 7) is 2.09. The summed E-state index contributed by atoms with van der Waals surface area (Å²) in [5, 5.41) is 12.0. The van der Waals surface area contributed by atoms with Gasteiger partial charge >= 0.3 is 0 Å². The number of ether oxygens (including phenoxy) is 2. The van der Waals surface area contributed by atoms with Crippen molar-refractivity contribution >= 4 is 34.5 Å². The van der Waals surface area contributed by atoms with Crippen LogP contribution in [0.1, 0.15) is 0 Å². The highest BCUT2D eigenvalue weighted by molar-refractivity contribution is 7.98. The molecule has 2 N–H and O–H groups in total.